The third-order valence-electron chi connectivity index (χ3n) is 3.89. The van der Waals surface area contributed by atoms with Crippen LogP contribution in [0.5, 0.6) is 5.75 Å². The molecule has 1 heterocycles. The van der Waals surface area contributed by atoms with E-state index in [0.717, 1.165) is 30.8 Å². The van der Waals surface area contributed by atoms with Crippen LogP contribution in [-0.4, -0.2) is 22.9 Å². The molecule has 0 spiro atoms. The van der Waals surface area contributed by atoms with Crippen molar-refractivity contribution in [3.63, 3.8) is 0 Å². The lowest BCUT2D eigenvalue weighted by Crippen LogP contribution is -2.07. The number of carbonyl (C=O) groups is 1. The second-order valence-corrected chi connectivity index (χ2v) is 5.66. The van der Waals surface area contributed by atoms with Crippen LogP contribution in [0.1, 0.15) is 60.9 Å². The highest BCUT2D eigenvalue weighted by atomic mass is 16.5. The zero-order valence-electron chi connectivity index (χ0n) is 13.6. The molecule has 2 aromatic rings. The maximum atomic E-state index is 11.1. The average Bonchev–Trinajstić information content (AvgIpc) is 2.96. The molecule has 1 unspecified atom stereocenters. The van der Waals surface area contributed by atoms with Crippen molar-refractivity contribution in [2.24, 2.45) is 0 Å². The van der Waals surface area contributed by atoms with Crippen molar-refractivity contribution in [1.29, 1.82) is 0 Å². The van der Waals surface area contributed by atoms with Gasteiger partial charge in [0, 0.05) is 18.7 Å². The highest BCUT2D eigenvalue weighted by Crippen LogP contribution is 2.22. The van der Waals surface area contributed by atoms with Gasteiger partial charge in [0.25, 0.3) is 0 Å². The second kappa shape index (κ2) is 7.78. The predicted octanol–water partition coefficient (Wildman–Crippen LogP) is 4.05. The molecule has 2 rings (SSSR count). The van der Waals surface area contributed by atoms with Gasteiger partial charge in [-0.1, -0.05) is 38.8 Å². The van der Waals surface area contributed by atoms with Crippen molar-refractivity contribution in [2.75, 3.05) is 7.11 Å². The fraction of sp³-hybridized carbons (Fsp3) is 0.444. The molecular weight excluding hydrogens is 276 g/mol. The van der Waals surface area contributed by atoms with Crippen molar-refractivity contribution in [3.8, 4) is 5.75 Å². The Kier molecular flexibility index (Phi) is 5.75. The van der Waals surface area contributed by atoms with Crippen LogP contribution in [0.15, 0.2) is 30.5 Å². The van der Waals surface area contributed by atoms with E-state index in [1.807, 2.05) is 30.5 Å². The molecular formula is C18H24N2O2. The zero-order valence-corrected chi connectivity index (χ0v) is 13.6. The molecule has 4 heteroatoms. The lowest BCUT2D eigenvalue weighted by Gasteiger charge is -2.14. The minimum absolute atomic E-state index is 0.354. The van der Waals surface area contributed by atoms with Crippen molar-refractivity contribution >= 4 is 6.29 Å². The number of aldehydes is 1. The summed E-state index contributed by atoms with van der Waals surface area (Å²) in [6.45, 7) is 5.08. The number of benzene rings is 1. The molecule has 0 aliphatic heterocycles. The summed E-state index contributed by atoms with van der Waals surface area (Å²) in [5, 5.41) is 0. The van der Waals surface area contributed by atoms with E-state index in [1.54, 1.807) is 7.11 Å². The van der Waals surface area contributed by atoms with E-state index in [-0.39, 0.29) is 0 Å². The number of aromatic nitrogens is 2. The average molecular weight is 300 g/mol. The molecule has 1 aromatic heterocycles. The summed E-state index contributed by atoms with van der Waals surface area (Å²) >= 11 is 0. The Bertz CT molecular complexity index is 602. The van der Waals surface area contributed by atoms with E-state index in [9.17, 15) is 4.79 Å². The Morgan fingerprint density at radius 1 is 1.32 bits per heavy atom. The Hall–Kier alpha value is -2.10. The SMILES string of the molecule is CCCCC(C)c1nc(C=O)cn1Cc1ccc(OC)cc1. The van der Waals surface area contributed by atoms with Gasteiger partial charge < -0.3 is 9.30 Å². The molecule has 0 saturated heterocycles. The van der Waals surface area contributed by atoms with Crippen molar-refractivity contribution in [3.05, 3.63) is 47.5 Å². The van der Waals surface area contributed by atoms with Crippen molar-refractivity contribution in [2.45, 2.75) is 45.6 Å². The van der Waals surface area contributed by atoms with Gasteiger partial charge in [0.15, 0.2) is 6.29 Å². The first-order valence-electron chi connectivity index (χ1n) is 7.83. The van der Waals surface area contributed by atoms with Crippen molar-refractivity contribution < 1.29 is 9.53 Å². The number of hydrogen-bond acceptors (Lipinski definition) is 3. The zero-order chi connectivity index (χ0) is 15.9. The lowest BCUT2D eigenvalue weighted by molar-refractivity contribution is 0.111. The van der Waals surface area contributed by atoms with Gasteiger partial charge in [-0.25, -0.2) is 4.98 Å². The van der Waals surface area contributed by atoms with Gasteiger partial charge in [-0.3, -0.25) is 4.79 Å². The van der Waals surface area contributed by atoms with E-state index in [0.29, 0.717) is 11.6 Å². The quantitative estimate of drug-likeness (QED) is 0.691. The molecule has 1 aromatic carbocycles. The second-order valence-electron chi connectivity index (χ2n) is 5.66. The summed E-state index contributed by atoms with van der Waals surface area (Å²) in [6.07, 6.45) is 6.10. The molecule has 0 aliphatic rings. The van der Waals surface area contributed by atoms with Gasteiger partial charge in [0.1, 0.15) is 17.3 Å². The Labute approximate surface area is 132 Å². The Morgan fingerprint density at radius 2 is 2.05 bits per heavy atom. The monoisotopic (exact) mass is 300 g/mol. The van der Waals surface area contributed by atoms with Crippen LogP contribution in [0.3, 0.4) is 0 Å². The van der Waals surface area contributed by atoms with E-state index in [1.165, 1.54) is 18.4 Å². The lowest BCUT2D eigenvalue weighted by atomic mass is 10.0. The van der Waals surface area contributed by atoms with Crippen molar-refractivity contribution in [1.82, 2.24) is 9.55 Å². The highest BCUT2D eigenvalue weighted by molar-refractivity contribution is 5.71. The first kappa shape index (κ1) is 16.3. The van der Waals surface area contributed by atoms with Crippen LogP contribution >= 0.6 is 0 Å². The van der Waals surface area contributed by atoms with Gasteiger partial charge in [-0.15, -0.1) is 0 Å². The minimum atomic E-state index is 0.354. The molecule has 1 atom stereocenters. The third kappa shape index (κ3) is 3.97. The number of hydrogen-bond donors (Lipinski definition) is 0. The topological polar surface area (TPSA) is 44.1 Å². The Balaban J connectivity index is 2.20. The molecule has 0 saturated carbocycles. The Morgan fingerprint density at radius 3 is 2.64 bits per heavy atom. The van der Waals surface area contributed by atoms with E-state index < -0.39 is 0 Å². The smallest absolute Gasteiger partial charge is 0.170 e. The number of ether oxygens (including phenoxy) is 1. The molecule has 0 radical (unpaired) electrons. The maximum Gasteiger partial charge on any atom is 0.170 e. The summed E-state index contributed by atoms with van der Waals surface area (Å²) in [4.78, 5) is 15.5. The molecule has 0 fully saturated rings. The fourth-order valence-electron chi connectivity index (χ4n) is 2.59. The molecule has 0 bridgehead atoms. The van der Waals surface area contributed by atoms with E-state index >= 15 is 0 Å². The molecule has 0 aliphatic carbocycles. The van der Waals surface area contributed by atoms with Crippen LogP contribution in [0.2, 0.25) is 0 Å². The number of methoxy groups -OCH3 is 1. The number of carbonyl (C=O) groups excluding carboxylic acids is 1. The summed E-state index contributed by atoms with van der Waals surface area (Å²) in [7, 11) is 1.66. The number of imidazole rings is 1. The van der Waals surface area contributed by atoms with Gasteiger partial charge in [-0.05, 0) is 24.1 Å². The van der Waals surface area contributed by atoms with E-state index in [4.69, 9.17) is 4.74 Å². The molecule has 0 amide bonds. The molecule has 118 valence electrons. The largest absolute Gasteiger partial charge is 0.497 e. The summed E-state index contributed by atoms with van der Waals surface area (Å²) in [5.41, 5.74) is 1.67. The van der Waals surface area contributed by atoms with E-state index in [2.05, 4.69) is 23.4 Å². The minimum Gasteiger partial charge on any atom is -0.497 e. The first-order chi connectivity index (χ1) is 10.7. The number of unbranched alkanes of at least 4 members (excludes halogenated alkanes) is 1. The highest BCUT2D eigenvalue weighted by Gasteiger charge is 2.14. The summed E-state index contributed by atoms with van der Waals surface area (Å²) in [5.74, 6) is 2.19. The number of rotatable bonds is 8. The summed E-state index contributed by atoms with van der Waals surface area (Å²) < 4.78 is 7.27. The van der Waals surface area contributed by atoms with Gasteiger partial charge >= 0.3 is 0 Å². The number of nitrogens with zero attached hydrogens (tertiary/aromatic N) is 2. The maximum absolute atomic E-state index is 11.1. The standard InChI is InChI=1S/C18H24N2O2/c1-4-5-6-14(2)18-19-16(13-21)12-20(18)11-15-7-9-17(22-3)10-8-15/h7-10,12-14H,4-6,11H2,1-3H3. The van der Waals surface area contributed by atoms with Gasteiger partial charge in [-0.2, -0.15) is 0 Å². The molecule has 4 nitrogen and oxygen atoms in total. The summed E-state index contributed by atoms with van der Waals surface area (Å²) in [6, 6.07) is 7.99. The molecule has 22 heavy (non-hydrogen) atoms. The normalized spacial score (nSPS) is 12.1. The van der Waals surface area contributed by atoms with Crippen LogP contribution < -0.4 is 4.74 Å². The van der Waals surface area contributed by atoms with Crippen LogP contribution in [0.4, 0.5) is 0 Å². The van der Waals surface area contributed by atoms with Gasteiger partial charge in [0.2, 0.25) is 0 Å². The van der Waals surface area contributed by atoms with Gasteiger partial charge in [0.05, 0.1) is 7.11 Å². The molecule has 0 N–H and O–H groups in total. The third-order valence-corrected chi connectivity index (χ3v) is 3.89. The fourth-order valence-corrected chi connectivity index (χ4v) is 2.59. The van der Waals surface area contributed by atoms with Crippen LogP contribution in [-0.2, 0) is 6.54 Å². The van der Waals surface area contributed by atoms with Crippen LogP contribution in [0.25, 0.3) is 0 Å². The van der Waals surface area contributed by atoms with Crippen LogP contribution in [0, 0.1) is 0 Å². The predicted molar refractivity (Wildman–Crippen MR) is 87.7 cm³/mol. The first-order valence-corrected chi connectivity index (χ1v) is 7.83.